The summed E-state index contributed by atoms with van der Waals surface area (Å²) in [5.74, 6) is -1.31. The topological polar surface area (TPSA) is 104 Å². The number of unbranched alkanes of at least 4 members (excludes halogenated alkanes) is 1. The smallest absolute Gasteiger partial charge is 0.269 e. The predicted octanol–water partition coefficient (Wildman–Crippen LogP) is 5.47. The minimum absolute atomic E-state index is 0.0254. The van der Waals surface area contributed by atoms with E-state index in [4.69, 9.17) is 23.2 Å². The highest BCUT2D eigenvalue weighted by Gasteiger charge is 2.40. The molecule has 0 fully saturated rings. The first-order chi connectivity index (χ1) is 20.1. The van der Waals surface area contributed by atoms with E-state index in [1.165, 1.54) is 17.0 Å². The molecule has 0 spiro atoms. The van der Waals surface area contributed by atoms with Gasteiger partial charge < -0.3 is 10.2 Å². The number of amides is 3. The molecule has 0 aliphatic carbocycles. The number of nitrogens with one attached hydrogen (secondary N) is 1. The highest BCUT2D eigenvalue weighted by molar-refractivity contribution is 7.90. The van der Waals surface area contributed by atoms with Crippen molar-refractivity contribution in [2.75, 3.05) is 13.1 Å². The number of halogens is 2. The van der Waals surface area contributed by atoms with Crippen molar-refractivity contribution in [1.82, 2.24) is 14.5 Å². The van der Waals surface area contributed by atoms with Crippen molar-refractivity contribution >= 4 is 50.9 Å². The Bertz CT molecular complexity index is 1530. The Balaban J connectivity index is 1.59. The van der Waals surface area contributed by atoms with E-state index >= 15 is 0 Å². The monoisotopic (exact) mass is 629 g/mol. The van der Waals surface area contributed by atoms with Crippen LogP contribution in [0, 0.1) is 0 Å². The molecule has 42 heavy (non-hydrogen) atoms. The molecule has 11 heteroatoms. The van der Waals surface area contributed by atoms with Crippen LogP contribution in [0.2, 0.25) is 10.0 Å². The molecule has 1 aliphatic rings. The molecule has 0 bridgehead atoms. The summed E-state index contributed by atoms with van der Waals surface area (Å²) in [7, 11) is -4.00. The number of hydrogen-bond donors (Lipinski definition) is 1. The van der Waals surface area contributed by atoms with Gasteiger partial charge in [-0.2, -0.15) is 0 Å². The van der Waals surface area contributed by atoms with E-state index in [0.717, 1.165) is 22.7 Å². The Morgan fingerprint density at radius 1 is 0.929 bits per heavy atom. The van der Waals surface area contributed by atoms with Gasteiger partial charge in [0.25, 0.3) is 15.9 Å². The van der Waals surface area contributed by atoms with Gasteiger partial charge >= 0.3 is 0 Å². The van der Waals surface area contributed by atoms with Gasteiger partial charge in [0.15, 0.2) is 0 Å². The molecule has 1 heterocycles. The van der Waals surface area contributed by atoms with Crippen molar-refractivity contribution in [3.8, 4) is 0 Å². The largest absolute Gasteiger partial charge is 0.354 e. The molecule has 0 saturated carbocycles. The molecule has 222 valence electrons. The molecule has 1 atom stereocenters. The minimum atomic E-state index is -4.00. The Morgan fingerprint density at radius 2 is 1.60 bits per heavy atom. The van der Waals surface area contributed by atoms with E-state index in [-0.39, 0.29) is 54.6 Å². The Morgan fingerprint density at radius 3 is 2.26 bits per heavy atom. The number of carbonyl (C=O) groups excluding carboxylic acids is 3. The van der Waals surface area contributed by atoms with E-state index in [0.29, 0.717) is 22.2 Å². The Labute approximate surface area is 256 Å². The lowest BCUT2D eigenvalue weighted by Gasteiger charge is -2.32. The molecule has 1 N–H and O–H groups in total. The molecular weight excluding hydrogens is 597 g/mol. The summed E-state index contributed by atoms with van der Waals surface area (Å²) in [5, 5.41) is 3.67. The van der Waals surface area contributed by atoms with Gasteiger partial charge in [-0.1, -0.05) is 85.1 Å². The molecule has 0 saturated heterocycles. The van der Waals surface area contributed by atoms with Crippen molar-refractivity contribution in [2.45, 2.75) is 56.5 Å². The molecular formula is C31H33Cl2N3O5S. The fraction of sp³-hybridized carbons (Fsp3) is 0.323. The first kappa shape index (κ1) is 31.5. The van der Waals surface area contributed by atoms with Crippen LogP contribution >= 0.6 is 23.2 Å². The average Bonchev–Trinajstić information content (AvgIpc) is 3.17. The zero-order valence-electron chi connectivity index (χ0n) is 23.3. The molecule has 8 nitrogen and oxygen atoms in total. The predicted molar refractivity (Wildman–Crippen MR) is 163 cm³/mol. The average molecular weight is 631 g/mol. The number of nitrogens with zero attached hydrogens (tertiary/aromatic N) is 2. The summed E-state index contributed by atoms with van der Waals surface area (Å²) in [5.41, 5.74) is 1.48. The molecule has 3 aromatic rings. The number of hydrogen-bond acceptors (Lipinski definition) is 5. The highest BCUT2D eigenvalue weighted by Crippen LogP contribution is 2.31. The van der Waals surface area contributed by atoms with Crippen LogP contribution in [-0.2, 0) is 32.6 Å². The zero-order chi connectivity index (χ0) is 30.3. The van der Waals surface area contributed by atoms with Crippen LogP contribution in [-0.4, -0.2) is 54.5 Å². The van der Waals surface area contributed by atoms with Crippen LogP contribution in [0.1, 0.15) is 54.1 Å². The van der Waals surface area contributed by atoms with Crippen molar-refractivity contribution in [2.24, 2.45) is 0 Å². The van der Waals surface area contributed by atoms with Crippen LogP contribution < -0.4 is 5.32 Å². The summed E-state index contributed by atoms with van der Waals surface area (Å²) >= 11 is 12.9. The number of rotatable bonds is 13. The zero-order valence-corrected chi connectivity index (χ0v) is 25.6. The molecule has 0 radical (unpaired) electrons. The number of fused-ring (bicyclic) bond motifs is 1. The van der Waals surface area contributed by atoms with Crippen LogP contribution in [0.5, 0.6) is 0 Å². The first-order valence-corrected chi connectivity index (χ1v) is 16.0. The Hall–Kier alpha value is -3.40. The van der Waals surface area contributed by atoms with E-state index in [1.807, 2.05) is 37.3 Å². The number of sulfonamides is 1. The van der Waals surface area contributed by atoms with E-state index in [9.17, 15) is 22.8 Å². The van der Waals surface area contributed by atoms with Gasteiger partial charge in [-0.25, -0.2) is 12.7 Å². The lowest BCUT2D eigenvalue weighted by Crippen LogP contribution is -2.50. The fourth-order valence-corrected chi connectivity index (χ4v) is 7.01. The van der Waals surface area contributed by atoms with Crippen molar-refractivity contribution in [1.29, 1.82) is 0 Å². The summed E-state index contributed by atoms with van der Waals surface area (Å²) in [6.45, 7) is 2.29. The van der Waals surface area contributed by atoms with Crippen molar-refractivity contribution in [3.05, 3.63) is 99.5 Å². The quantitative estimate of drug-likeness (QED) is 0.252. The number of benzene rings is 3. The van der Waals surface area contributed by atoms with Gasteiger partial charge in [0, 0.05) is 48.1 Å². The molecule has 3 amide bonds. The summed E-state index contributed by atoms with van der Waals surface area (Å²) in [6, 6.07) is 19.6. The first-order valence-electron chi connectivity index (χ1n) is 13.8. The second-order valence-electron chi connectivity index (χ2n) is 10.1. The van der Waals surface area contributed by atoms with Gasteiger partial charge in [0.1, 0.15) is 10.9 Å². The SMILES string of the molecule is CCCCNC(=O)[C@H](Cc1ccccc1)N(Cc1c(Cl)cccc1Cl)C(=O)CCCN1C(=O)c2ccccc2S1(=O)=O. The van der Waals surface area contributed by atoms with E-state index in [2.05, 4.69) is 5.32 Å². The van der Waals surface area contributed by atoms with Crippen molar-refractivity contribution in [3.63, 3.8) is 0 Å². The molecule has 3 aromatic carbocycles. The lowest BCUT2D eigenvalue weighted by atomic mass is 10.0. The van der Waals surface area contributed by atoms with Gasteiger partial charge in [0.2, 0.25) is 11.8 Å². The summed E-state index contributed by atoms with van der Waals surface area (Å²) in [4.78, 5) is 41.7. The molecule has 4 rings (SSSR count). The second kappa shape index (κ2) is 14.2. The summed E-state index contributed by atoms with van der Waals surface area (Å²) < 4.78 is 26.8. The molecule has 0 unspecified atom stereocenters. The fourth-order valence-electron chi connectivity index (χ4n) is 4.88. The molecule has 1 aliphatic heterocycles. The van der Waals surface area contributed by atoms with Crippen LogP contribution in [0.4, 0.5) is 0 Å². The van der Waals surface area contributed by atoms with E-state index in [1.54, 1.807) is 30.3 Å². The van der Waals surface area contributed by atoms with Gasteiger partial charge in [0.05, 0.1) is 5.56 Å². The normalized spacial score (nSPS) is 14.4. The van der Waals surface area contributed by atoms with Crippen LogP contribution in [0.15, 0.2) is 77.7 Å². The second-order valence-corrected chi connectivity index (χ2v) is 12.7. The van der Waals surface area contributed by atoms with Gasteiger partial charge in [-0.3, -0.25) is 14.4 Å². The van der Waals surface area contributed by atoms with Crippen LogP contribution in [0.3, 0.4) is 0 Å². The maximum atomic E-state index is 13.9. The standard InChI is InChI=1S/C31H33Cl2N3O5S/c1-2-3-18-34-30(38)27(20-22-11-5-4-6-12-22)35(21-24-25(32)14-9-15-26(24)33)29(37)17-10-19-36-31(39)23-13-7-8-16-28(23)42(36,40)41/h4-9,11-16,27H,2-3,10,17-21H2,1H3,(H,34,38)/t27-/m0/s1. The molecule has 0 aromatic heterocycles. The lowest BCUT2D eigenvalue weighted by molar-refractivity contribution is -0.141. The maximum Gasteiger partial charge on any atom is 0.269 e. The third-order valence-corrected chi connectivity index (χ3v) is 9.70. The van der Waals surface area contributed by atoms with E-state index < -0.39 is 22.0 Å². The third kappa shape index (κ3) is 7.14. The highest BCUT2D eigenvalue weighted by atomic mass is 35.5. The minimum Gasteiger partial charge on any atom is -0.354 e. The summed E-state index contributed by atoms with van der Waals surface area (Å²) in [6.07, 6.45) is 1.89. The van der Waals surface area contributed by atoms with Crippen LogP contribution in [0.25, 0.3) is 0 Å². The van der Waals surface area contributed by atoms with Gasteiger partial charge in [-0.05, 0) is 42.7 Å². The van der Waals surface area contributed by atoms with Gasteiger partial charge in [-0.15, -0.1) is 0 Å². The third-order valence-electron chi connectivity index (χ3n) is 7.15. The maximum absolute atomic E-state index is 13.9. The Kier molecular flexibility index (Phi) is 10.6. The number of carbonyl (C=O) groups is 3. The van der Waals surface area contributed by atoms with Crippen molar-refractivity contribution < 1.29 is 22.8 Å².